The van der Waals surface area contributed by atoms with Crippen molar-refractivity contribution >= 4 is 29.1 Å². The molecular weight excluding hydrogens is 252 g/mol. The molecule has 0 saturated heterocycles. The van der Waals surface area contributed by atoms with E-state index in [1.54, 1.807) is 4.90 Å². The first-order valence-corrected chi connectivity index (χ1v) is 6.36. The van der Waals surface area contributed by atoms with Crippen molar-refractivity contribution in [1.82, 2.24) is 4.90 Å². The highest BCUT2D eigenvalue weighted by Crippen LogP contribution is 2.22. The fourth-order valence-corrected chi connectivity index (χ4v) is 2.30. The second-order valence-electron chi connectivity index (χ2n) is 4.36. The second kappa shape index (κ2) is 5.40. The topological polar surface area (TPSA) is 49.4 Å². The lowest BCUT2D eigenvalue weighted by Crippen LogP contribution is -2.36. The number of hydrogen-bond donors (Lipinski definition) is 1. The van der Waals surface area contributed by atoms with Crippen LogP contribution in [-0.4, -0.2) is 29.1 Å². The summed E-state index contributed by atoms with van der Waals surface area (Å²) in [4.78, 5) is 24.3. The first kappa shape index (κ1) is 12.9. The number of alkyl halides is 1. The molecule has 1 aliphatic heterocycles. The monoisotopic (exact) mass is 266 g/mol. The molecule has 1 aromatic rings. The highest BCUT2D eigenvalue weighted by atomic mass is 35.5. The molecule has 1 heterocycles. The van der Waals surface area contributed by atoms with Crippen molar-refractivity contribution in [3.63, 3.8) is 0 Å². The predicted molar refractivity (Wildman–Crippen MR) is 70.6 cm³/mol. The summed E-state index contributed by atoms with van der Waals surface area (Å²) in [5.41, 5.74) is 3.06. The van der Waals surface area contributed by atoms with Crippen LogP contribution in [0.1, 0.15) is 18.1 Å². The molecule has 96 valence electrons. The van der Waals surface area contributed by atoms with E-state index in [9.17, 15) is 9.59 Å². The summed E-state index contributed by atoms with van der Waals surface area (Å²) < 4.78 is 0. The molecule has 1 aliphatic rings. The standard InChI is InChI=1S/C13H15ClN2O2/c1-9(17)15-12-3-2-10-4-5-16(13(18)7-14)8-11(10)6-12/h2-3,6H,4-5,7-8H2,1H3,(H,15,17). The number of fused-ring (bicyclic) bond motifs is 1. The summed E-state index contributed by atoms with van der Waals surface area (Å²) in [7, 11) is 0. The molecule has 1 N–H and O–H groups in total. The molecule has 4 nitrogen and oxygen atoms in total. The summed E-state index contributed by atoms with van der Waals surface area (Å²) in [5.74, 6) is -0.132. The predicted octanol–water partition coefficient (Wildman–Crippen LogP) is 1.77. The third-order valence-electron chi connectivity index (χ3n) is 3.01. The van der Waals surface area contributed by atoms with E-state index in [0.717, 1.165) is 17.7 Å². The number of carbonyl (C=O) groups is 2. The fourth-order valence-electron chi connectivity index (χ4n) is 2.14. The van der Waals surface area contributed by atoms with Crippen LogP contribution in [0.4, 0.5) is 5.69 Å². The average molecular weight is 267 g/mol. The Labute approximate surface area is 111 Å². The fraction of sp³-hybridized carbons (Fsp3) is 0.385. The zero-order valence-electron chi connectivity index (χ0n) is 10.2. The molecule has 0 fully saturated rings. The van der Waals surface area contributed by atoms with Gasteiger partial charge in [-0.3, -0.25) is 9.59 Å². The van der Waals surface area contributed by atoms with Gasteiger partial charge in [0, 0.05) is 25.7 Å². The zero-order chi connectivity index (χ0) is 13.1. The van der Waals surface area contributed by atoms with E-state index in [0.29, 0.717) is 13.1 Å². The molecule has 1 aromatic carbocycles. The summed E-state index contributed by atoms with van der Waals surface area (Å²) in [6.45, 7) is 2.75. The van der Waals surface area contributed by atoms with Crippen LogP contribution in [0.15, 0.2) is 18.2 Å². The SMILES string of the molecule is CC(=O)Nc1ccc2c(c1)CN(C(=O)CCl)CC2. The molecule has 2 rings (SSSR count). The van der Waals surface area contributed by atoms with Gasteiger partial charge in [0.2, 0.25) is 11.8 Å². The van der Waals surface area contributed by atoms with Gasteiger partial charge in [-0.1, -0.05) is 6.07 Å². The molecule has 18 heavy (non-hydrogen) atoms. The van der Waals surface area contributed by atoms with Crippen molar-refractivity contribution < 1.29 is 9.59 Å². The number of halogens is 1. The number of nitrogens with zero attached hydrogens (tertiary/aromatic N) is 1. The number of amides is 2. The molecule has 0 atom stereocenters. The van der Waals surface area contributed by atoms with Crippen LogP contribution < -0.4 is 5.32 Å². The number of anilines is 1. The Morgan fingerprint density at radius 2 is 2.17 bits per heavy atom. The van der Waals surface area contributed by atoms with Gasteiger partial charge in [-0.05, 0) is 29.7 Å². The molecular formula is C13H15ClN2O2. The van der Waals surface area contributed by atoms with E-state index in [4.69, 9.17) is 11.6 Å². The number of rotatable bonds is 2. The van der Waals surface area contributed by atoms with Crippen molar-refractivity contribution in [1.29, 1.82) is 0 Å². The van der Waals surface area contributed by atoms with Crippen LogP contribution in [-0.2, 0) is 22.6 Å². The molecule has 0 aliphatic carbocycles. The van der Waals surface area contributed by atoms with Gasteiger partial charge in [-0.15, -0.1) is 11.6 Å². The number of hydrogen-bond acceptors (Lipinski definition) is 2. The quantitative estimate of drug-likeness (QED) is 0.830. The highest BCUT2D eigenvalue weighted by molar-refractivity contribution is 6.27. The summed E-state index contributed by atoms with van der Waals surface area (Å²) in [6.07, 6.45) is 0.832. The Bertz CT molecular complexity index is 488. The molecule has 0 bridgehead atoms. The van der Waals surface area contributed by atoms with Gasteiger partial charge >= 0.3 is 0 Å². The Kier molecular flexibility index (Phi) is 3.87. The minimum Gasteiger partial charge on any atom is -0.337 e. The molecule has 0 spiro atoms. The van der Waals surface area contributed by atoms with Crippen molar-refractivity contribution in [2.75, 3.05) is 17.7 Å². The lowest BCUT2D eigenvalue weighted by Gasteiger charge is -2.28. The van der Waals surface area contributed by atoms with E-state index in [1.807, 2.05) is 18.2 Å². The van der Waals surface area contributed by atoms with E-state index >= 15 is 0 Å². The van der Waals surface area contributed by atoms with Crippen molar-refractivity contribution in [3.8, 4) is 0 Å². The van der Waals surface area contributed by atoms with Crippen molar-refractivity contribution in [2.24, 2.45) is 0 Å². The van der Waals surface area contributed by atoms with Gasteiger partial charge in [-0.2, -0.15) is 0 Å². The minimum absolute atomic E-state index is 0.0146. The first-order chi connectivity index (χ1) is 8.60. The summed E-state index contributed by atoms with van der Waals surface area (Å²) in [5, 5.41) is 2.74. The van der Waals surface area contributed by atoms with Gasteiger partial charge < -0.3 is 10.2 Å². The van der Waals surface area contributed by atoms with E-state index in [1.165, 1.54) is 12.5 Å². The third-order valence-corrected chi connectivity index (χ3v) is 3.23. The van der Waals surface area contributed by atoms with Crippen molar-refractivity contribution in [3.05, 3.63) is 29.3 Å². The highest BCUT2D eigenvalue weighted by Gasteiger charge is 2.20. The maximum Gasteiger partial charge on any atom is 0.237 e. The van der Waals surface area contributed by atoms with Gasteiger partial charge in [0.15, 0.2) is 0 Å². The molecule has 0 unspecified atom stereocenters. The zero-order valence-corrected chi connectivity index (χ0v) is 11.0. The molecule has 5 heteroatoms. The second-order valence-corrected chi connectivity index (χ2v) is 4.63. The number of carbonyl (C=O) groups excluding carboxylic acids is 2. The van der Waals surface area contributed by atoms with E-state index in [2.05, 4.69) is 5.32 Å². The average Bonchev–Trinajstić information content (AvgIpc) is 2.36. The van der Waals surface area contributed by atoms with E-state index < -0.39 is 0 Å². The van der Waals surface area contributed by atoms with Gasteiger partial charge in [0.1, 0.15) is 5.88 Å². The maximum absolute atomic E-state index is 11.6. The van der Waals surface area contributed by atoms with Crippen LogP contribution in [0.2, 0.25) is 0 Å². The molecule has 0 radical (unpaired) electrons. The Morgan fingerprint density at radius 1 is 1.39 bits per heavy atom. The van der Waals surface area contributed by atoms with Crippen LogP contribution in [0.25, 0.3) is 0 Å². The lowest BCUT2D eigenvalue weighted by atomic mass is 9.99. The molecule has 0 saturated carbocycles. The lowest BCUT2D eigenvalue weighted by molar-refractivity contribution is -0.129. The van der Waals surface area contributed by atoms with Crippen LogP contribution in [0.5, 0.6) is 0 Å². The third kappa shape index (κ3) is 2.82. The first-order valence-electron chi connectivity index (χ1n) is 5.83. The molecule has 2 amide bonds. The number of nitrogens with one attached hydrogen (secondary N) is 1. The molecule has 0 aromatic heterocycles. The number of benzene rings is 1. The summed E-state index contributed by atoms with van der Waals surface area (Å²) >= 11 is 5.56. The smallest absolute Gasteiger partial charge is 0.237 e. The van der Waals surface area contributed by atoms with Gasteiger partial charge in [0.05, 0.1) is 0 Å². The van der Waals surface area contributed by atoms with E-state index in [-0.39, 0.29) is 17.7 Å². The Morgan fingerprint density at radius 3 is 2.83 bits per heavy atom. The normalized spacial score (nSPS) is 14.0. The van der Waals surface area contributed by atoms with Crippen LogP contribution in [0.3, 0.4) is 0 Å². The van der Waals surface area contributed by atoms with Gasteiger partial charge in [-0.25, -0.2) is 0 Å². The Balaban J connectivity index is 2.19. The van der Waals surface area contributed by atoms with Crippen LogP contribution >= 0.6 is 11.6 Å². The van der Waals surface area contributed by atoms with Crippen LogP contribution in [0, 0.1) is 0 Å². The summed E-state index contributed by atoms with van der Waals surface area (Å²) in [6, 6.07) is 5.81. The Hall–Kier alpha value is -1.55. The maximum atomic E-state index is 11.6. The van der Waals surface area contributed by atoms with Crippen molar-refractivity contribution in [2.45, 2.75) is 19.9 Å². The largest absolute Gasteiger partial charge is 0.337 e. The minimum atomic E-state index is -0.0977. The van der Waals surface area contributed by atoms with Gasteiger partial charge in [0.25, 0.3) is 0 Å².